The summed E-state index contributed by atoms with van der Waals surface area (Å²) in [7, 11) is 0. The van der Waals surface area contributed by atoms with Crippen LogP contribution < -0.4 is 15.5 Å². The molecule has 0 radical (unpaired) electrons. The zero-order valence-corrected chi connectivity index (χ0v) is 14.0. The van der Waals surface area contributed by atoms with Crippen LogP contribution in [0.1, 0.15) is 19.8 Å². The van der Waals surface area contributed by atoms with Gasteiger partial charge in [0.2, 0.25) is 11.8 Å². The fourth-order valence-electron chi connectivity index (χ4n) is 3.32. The Morgan fingerprint density at radius 2 is 2.17 bits per heavy atom. The van der Waals surface area contributed by atoms with Gasteiger partial charge in [0.05, 0.1) is 16.6 Å². The number of anilines is 1. The van der Waals surface area contributed by atoms with Gasteiger partial charge in [0, 0.05) is 19.0 Å². The summed E-state index contributed by atoms with van der Waals surface area (Å²) in [5, 5.41) is 6.98. The van der Waals surface area contributed by atoms with Gasteiger partial charge in [-0.25, -0.2) is 0 Å². The van der Waals surface area contributed by atoms with Crippen molar-refractivity contribution in [2.75, 3.05) is 24.5 Å². The zero-order valence-electron chi connectivity index (χ0n) is 13.2. The molecule has 0 bridgehead atoms. The molecular formula is C17H22ClN3O2. The maximum absolute atomic E-state index is 12.5. The first-order valence-electron chi connectivity index (χ1n) is 8.12. The number of nitrogens with zero attached hydrogens (tertiary/aromatic N) is 1. The van der Waals surface area contributed by atoms with Gasteiger partial charge in [0.15, 0.2) is 0 Å². The third-order valence-corrected chi connectivity index (χ3v) is 5.07. The van der Waals surface area contributed by atoms with Gasteiger partial charge in [-0.1, -0.05) is 30.7 Å². The number of carbonyl (C=O) groups is 2. The molecule has 124 valence electrons. The molecule has 3 rings (SSSR count). The highest BCUT2D eigenvalue weighted by atomic mass is 35.5. The molecule has 2 aliphatic rings. The number of carbonyl (C=O) groups excluding carboxylic acids is 2. The number of piperidine rings is 1. The molecule has 5 nitrogen and oxygen atoms in total. The molecule has 0 aliphatic carbocycles. The maximum Gasteiger partial charge on any atom is 0.227 e. The molecule has 2 fully saturated rings. The largest absolute Gasteiger partial charge is 0.353 e. The molecule has 6 heteroatoms. The third kappa shape index (κ3) is 3.51. The molecule has 2 heterocycles. The summed E-state index contributed by atoms with van der Waals surface area (Å²) in [5.74, 6) is 0.0357. The summed E-state index contributed by atoms with van der Waals surface area (Å²) in [4.78, 5) is 26.4. The normalized spacial score (nSPS) is 28.0. The van der Waals surface area contributed by atoms with Crippen molar-refractivity contribution in [3.05, 3.63) is 29.3 Å². The Morgan fingerprint density at radius 1 is 1.39 bits per heavy atom. The summed E-state index contributed by atoms with van der Waals surface area (Å²) in [6.45, 7) is 4.37. The lowest BCUT2D eigenvalue weighted by Gasteiger charge is -2.31. The van der Waals surface area contributed by atoms with Crippen LogP contribution in [0.5, 0.6) is 0 Å². The zero-order chi connectivity index (χ0) is 16.4. The van der Waals surface area contributed by atoms with Gasteiger partial charge in [0.1, 0.15) is 0 Å². The first-order valence-corrected chi connectivity index (χ1v) is 8.50. The number of rotatable bonds is 3. The Balaban J connectivity index is 1.65. The molecule has 2 amide bonds. The topological polar surface area (TPSA) is 61.4 Å². The van der Waals surface area contributed by atoms with Crippen LogP contribution in [0.25, 0.3) is 0 Å². The van der Waals surface area contributed by atoms with Gasteiger partial charge < -0.3 is 15.5 Å². The third-order valence-electron chi connectivity index (χ3n) is 4.75. The van der Waals surface area contributed by atoms with Crippen LogP contribution in [0, 0.1) is 11.8 Å². The van der Waals surface area contributed by atoms with Gasteiger partial charge in [0.25, 0.3) is 0 Å². The van der Waals surface area contributed by atoms with E-state index in [1.807, 2.05) is 18.2 Å². The minimum atomic E-state index is -0.305. The summed E-state index contributed by atoms with van der Waals surface area (Å²) < 4.78 is 0. The van der Waals surface area contributed by atoms with Crippen molar-refractivity contribution in [2.24, 2.45) is 11.8 Å². The first kappa shape index (κ1) is 16.3. The van der Waals surface area contributed by atoms with Gasteiger partial charge >= 0.3 is 0 Å². The monoisotopic (exact) mass is 335 g/mol. The average Bonchev–Trinajstić information content (AvgIpc) is 2.92. The number of hydrogen-bond acceptors (Lipinski definition) is 3. The van der Waals surface area contributed by atoms with Crippen molar-refractivity contribution in [2.45, 2.75) is 25.8 Å². The molecule has 3 unspecified atom stereocenters. The van der Waals surface area contributed by atoms with Crippen LogP contribution in [-0.4, -0.2) is 37.5 Å². The van der Waals surface area contributed by atoms with E-state index in [4.69, 9.17) is 11.6 Å². The molecule has 0 spiro atoms. The molecule has 1 aromatic carbocycles. The van der Waals surface area contributed by atoms with Crippen LogP contribution in [0.4, 0.5) is 5.69 Å². The molecule has 2 aliphatic heterocycles. The Labute approximate surface area is 141 Å². The predicted octanol–water partition coefficient (Wildman–Crippen LogP) is 1.81. The molecule has 0 aromatic heterocycles. The van der Waals surface area contributed by atoms with Crippen molar-refractivity contribution in [1.82, 2.24) is 10.6 Å². The number of nitrogens with one attached hydrogen (secondary N) is 2. The fourth-order valence-corrected chi connectivity index (χ4v) is 3.55. The van der Waals surface area contributed by atoms with E-state index in [1.54, 1.807) is 11.0 Å². The Hall–Kier alpha value is -1.59. The summed E-state index contributed by atoms with van der Waals surface area (Å²) in [6, 6.07) is 7.44. The van der Waals surface area contributed by atoms with E-state index in [0.717, 1.165) is 19.5 Å². The number of para-hydroxylation sites is 1. The molecule has 2 saturated heterocycles. The Kier molecular flexibility index (Phi) is 4.87. The van der Waals surface area contributed by atoms with E-state index in [-0.39, 0.29) is 30.2 Å². The van der Waals surface area contributed by atoms with Crippen LogP contribution in [0.3, 0.4) is 0 Å². The predicted molar refractivity (Wildman–Crippen MR) is 90.5 cm³/mol. The van der Waals surface area contributed by atoms with Crippen LogP contribution >= 0.6 is 11.6 Å². The lowest BCUT2D eigenvalue weighted by Crippen LogP contribution is -2.50. The van der Waals surface area contributed by atoms with Gasteiger partial charge in [-0.3, -0.25) is 9.59 Å². The highest BCUT2D eigenvalue weighted by molar-refractivity contribution is 6.33. The standard InChI is InChI=1S/C17H22ClN3O2/c1-11-9-19-7-6-14(11)20-17(23)12-8-16(22)21(10-12)15-5-3-2-4-13(15)18/h2-5,11-12,14,19H,6-10H2,1H3,(H,20,23). The highest BCUT2D eigenvalue weighted by Crippen LogP contribution is 2.31. The minimum absolute atomic E-state index is 0.0216. The van der Waals surface area contributed by atoms with E-state index in [9.17, 15) is 9.59 Å². The second-order valence-electron chi connectivity index (χ2n) is 6.44. The lowest BCUT2D eigenvalue weighted by atomic mass is 9.94. The SMILES string of the molecule is CC1CNCCC1NC(=O)C1CC(=O)N(c2ccccc2Cl)C1. The average molecular weight is 336 g/mol. The quantitative estimate of drug-likeness (QED) is 0.885. The van der Waals surface area contributed by atoms with E-state index in [0.29, 0.717) is 23.2 Å². The minimum Gasteiger partial charge on any atom is -0.353 e. The van der Waals surface area contributed by atoms with E-state index in [1.165, 1.54) is 0 Å². The van der Waals surface area contributed by atoms with Gasteiger partial charge in [-0.05, 0) is 37.6 Å². The van der Waals surface area contributed by atoms with Crippen molar-refractivity contribution in [3.8, 4) is 0 Å². The number of hydrogen-bond donors (Lipinski definition) is 2. The van der Waals surface area contributed by atoms with Gasteiger partial charge in [-0.2, -0.15) is 0 Å². The molecule has 23 heavy (non-hydrogen) atoms. The second kappa shape index (κ2) is 6.89. The maximum atomic E-state index is 12.5. The van der Waals surface area contributed by atoms with Crippen molar-refractivity contribution in [3.63, 3.8) is 0 Å². The number of halogens is 1. The molecule has 0 saturated carbocycles. The highest BCUT2D eigenvalue weighted by Gasteiger charge is 2.37. The summed E-state index contributed by atoms with van der Waals surface area (Å²) in [6.07, 6.45) is 1.18. The number of amides is 2. The molecule has 3 atom stereocenters. The van der Waals surface area contributed by atoms with Crippen molar-refractivity contribution >= 4 is 29.1 Å². The first-order chi connectivity index (χ1) is 11.1. The summed E-state index contributed by atoms with van der Waals surface area (Å²) >= 11 is 6.17. The Bertz CT molecular complexity index is 607. The van der Waals surface area contributed by atoms with Gasteiger partial charge in [-0.15, -0.1) is 0 Å². The number of benzene rings is 1. The molecule has 2 N–H and O–H groups in total. The fraction of sp³-hybridized carbons (Fsp3) is 0.529. The van der Waals surface area contributed by atoms with Crippen LogP contribution in [0.15, 0.2) is 24.3 Å². The summed E-state index contributed by atoms with van der Waals surface area (Å²) in [5.41, 5.74) is 0.685. The lowest BCUT2D eigenvalue weighted by molar-refractivity contribution is -0.127. The van der Waals surface area contributed by atoms with Crippen molar-refractivity contribution < 1.29 is 9.59 Å². The van der Waals surface area contributed by atoms with E-state index < -0.39 is 0 Å². The Morgan fingerprint density at radius 3 is 2.91 bits per heavy atom. The smallest absolute Gasteiger partial charge is 0.227 e. The second-order valence-corrected chi connectivity index (χ2v) is 6.85. The van der Waals surface area contributed by atoms with Crippen LogP contribution in [0.2, 0.25) is 5.02 Å². The van der Waals surface area contributed by atoms with Crippen LogP contribution in [-0.2, 0) is 9.59 Å². The molecule has 1 aromatic rings. The van der Waals surface area contributed by atoms with E-state index >= 15 is 0 Å². The molecular weight excluding hydrogens is 314 g/mol. The van der Waals surface area contributed by atoms with Crippen molar-refractivity contribution in [1.29, 1.82) is 0 Å². The van der Waals surface area contributed by atoms with E-state index in [2.05, 4.69) is 17.6 Å².